The van der Waals surface area contributed by atoms with Crippen LogP contribution >= 0.6 is 0 Å². The van der Waals surface area contributed by atoms with Crippen molar-refractivity contribution in [2.75, 3.05) is 14.2 Å². The zero-order valence-corrected chi connectivity index (χ0v) is 8.00. The van der Waals surface area contributed by atoms with Crippen molar-refractivity contribution in [3.63, 3.8) is 0 Å². The minimum absolute atomic E-state index is 0.0899. The summed E-state index contributed by atoms with van der Waals surface area (Å²) in [4.78, 5) is 4.37. The molecule has 0 amide bonds. The van der Waals surface area contributed by atoms with E-state index >= 15 is 0 Å². The average molecular weight is 178 g/mol. The summed E-state index contributed by atoms with van der Waals surface area (Å²) in [5.41, 5.74) is 1.13. The normalized spacial score (nSPS) is 18.3. The Morgan fingerprint density at radius 1 is 1.54 bits per heavy atom. The summed E-state index contributed by atoms with van der Waals surface area (Å²) in [7, 11) is 3.66. The molecule has 2 rings (SSSR count). The molecule has 1 aromatic rings. The van der Waals surface area contributed by atoms with Gasteiger partial charge in [-0.05, 0) is 32.0 Å². The number of ether oxygens (including phenoxy) is 1. The molecule has 0 atom stereocenters. The van der Waals surface area contributed by atoms with E-state index in [9.17, 15) is 0 Å². The second-order valence-corrected chi connectivity index (χ2v) is 3.39. The fourth-order valence-electron chi connectivity index (χ4n) is 1.64. The predicted molar refractivity (Wildman–Crippen MR) is 50.8 cm³/mol. The first-order chi connectivity index (χ1) is 6.32. The summed E-state index contributed by atoms with van der Waals surface area (Å²) >= 11 is 0. The number of pyridine rings is 1. The molecule has 0 aliphatic heterocycles. The number of methoxy groups -OCH3 is 1. The zero-order valence-electron chi connectivity index (χ0n) is 8.00. The van der Waals surface area contributed by atoms with Crippen LogP contribution in [0, 0.1) is 0 Å². The summed E-state index contributed by atoms with van der Waals surface area (Å²) in [6, 6.07) is 3.85. The van der Waals surface area contributed by atoms with Crippen LogP contribution in [0.3, 0.4) is 0 Å². The van der Waals surface area contributed by atoms with Gasteiger partial charge in [-0.25, -0.2) is 0 Å². The molecule has 1 N–H and O–H groups in total. The van der Waals surface area contributed by atoms with Crippen LogP contribution in [0.15, 0.2) is 18.3 Å². The Labute approximate surface area is 78.1 Å². The minimum Gasteiger partial charge on any atom is -0.495 e. The van der Waals surface area contributed by atoms with E-state index in [0.717, 1.165) is 24.3 Å². The van der Waals surface area contributed by atoms with E-state index in [1.807, 2.05) is 25.4 Å². The maximum atomic E-state index is 5.27. The van der Waals surface area contributed by atoms with Gasteiger partial charge in [0, 0.05) is 6.20 Å². The van der Waals surface area contributed by atoms with Gasteiger partial charge in [0.2, 0.25) is 0 Å². The largest absolute Gasteiger partial charge is 0.495 e. The number of nitrogens with one attached hydrogen (secondary N) is 1. The topological polar surface area (TPSA) is 34.2 Å². The lowest BCUT2D eigenvalue weighted by atomic mass is 10.1. The highest BCUT2D eigenvalue weighted by Crippen LogP contribution is 2.47. The molecular formula is C10H14N2O. The molecule has 0 spiro atoms. The van der Waals surface area contributed by atoms with Gasteiger partial charge >= 0.3 is 0 Å². The Hall–Kier alpha value is -1.09. The Bertz CT molecular complexity index is 308. The van der Waals surface area contributed by atoms with E-state index in [1.54, 1.807) is 7.11 Å². The van der Waals surface area contributed by atoms with Crippen LogP contribution in [0.1, 0.15) is 18.5 Å². The smallest absolute Gasteiger partial charge is 0.142 e. The highest BCUT2D eigenvalue weighted by atomic mass is 16.5. The van der Waals surface area contributed by atoms with Crippen molar-refractivity contribution in [1.29, 1.82) is 0 Å². The van der Waals surface area contributed by atoms with Gasteiger partial charge in [0.25, 0.3) is 0 Å². The molecule has 0 aromatic carbocycles. The Kier molecular flexibility index (Phi) is 1.96. The second-order valence-electron chi connectivity index (χ2n) is 3.39. The molecule has 1 aliphatic rings. The molecule has 0 unspecified atom stereocenters. The second kappa shape index (κ2) is 3.00. The summed E-state index contributed by atoms with van der Waals surface area (Å²) in [5.74, 6) is 0.884. The average Bonchev–Trinajstić information content (AvgIpc) is 2.98. The number of aromatic nitrogens is 1. The first-order valence-corrected chi connectivity index (χ1v) is 4.51. The van der Waals surface area contributed by atoms with Crippen molar-refractivity contribution in [2.24, 2.45) is 0 Å². The highest BCUT2D eigenvalue weighted by Gasteiger charge is 2.46. The molecule has 13 heavy (non-hydrogen) atoms. The SMILES string of the molecule is CNC1(c2ncccc2OC)CC1. The number of hydrogen-bond donors (Lipinski definition) is 1. The van der Waals surface area contributed by atoms with Crippen molar-refractivity contribution in [1.82, 2.24) is 10.3 Å². The van der Waals surface area contributed by atoms with E-state index < -0.39 is 0 Å². The van der Waals surface area contributed by atoms with Crippen LogP contribution < -0.4 is 10.1 Å². The quantitative estimate of drug-likeness (QED) is 0.757. The van der Waals surface area contributed by atoms with Crippen LogP contribution in [0.25, 0.3) is 0 Å². The van der Waals surface area contributed by atoms with Crippen LogP contribution in [0.4, 0.5) is 0 Å². The molecule has 1 saturated carbocycles. The summed E-state index contributed by atoms with van der Waals surface area (Å²) < 4.78 is 5.27. The van der Waals surface area contributed by atoms with Gasteiger partial charge in [0.15, 0.2) is 0 Å². The van der Waals surface area contributed by atoms with Crippen molar-refractivity contribution < 1.29 is 4.74 Å². The first kappa shape index (κ1) is 8.51. The Morgan fingerprint density at radius 3 is 2.85 bits per heavy atom. The number of hydrogen-bond acceptors (Lipinski definition) is 3. The van der Waals surface area contributed by atoms with Crippen molar-refractivity contribution in [3.8, 4) is 5.75 Å². The number of rotatable bonds is 3. The van der Waals surface area contributed by atoms with E-state index in [-0.39, 0.29) is 5.54 Å². The summed E-state index contributed by atoms with van der Waals surface area (Å²) in [6.07, 6.45) is 4.11. The fourth-order valence-corrected chi connectivity index (χ4v) is 1.64. The molecule has 3 nitrogen and oxygen atoms in total. The van der Waals surface area contributed by atoms with Crippen molar-refractivity contribution in [3.05, 3.63) is 24.0 Å². The van der Waals surface area contributed by atoms with Crippen LogP contribution in [0.5, 0.6) is 5.75 Å². The van der Waals surface area contributed by atoms with Gasteiger partial charge in [-0.1, -0.05) is 0 Å². The highest BCUT2D eigenvalue weighted by molar-refractivity contribution is 5.36. The standard InChI is InChI=1S/C10H14N2O/c1-11-10(5-6-10)9-8(13-2)4-3-7-12-9/h3-4,7,11H,5-6H2,1-2H3. The first-order valence-electron chi connectivity index (χ1n) is 4.51. The lowest BCUT2D eigenvalue weighted by molar-refractivity contribution is 0.394. The third-order valence-corrected chi connectivity index (χ3v) is 2.67. The molecule has 1 heterocycles. The zero-order chi connectivity index (χ0) is 9.31. The van der Waals surface area contributed by atoms with E-state index in [2.05, 4.69) is 10.3 Å². The molecule has 0 bridgehead atoms. The number of nitrogens with zero attached hydrogens (tertiary/aromatic N) is 1. The van der Waals surface area contributed by atoms with Gasteiger partial charge in [-0.2, -0.15) is 0 Å². The molecule has 3 heteroatoms. The molecule has 1 aromatic heterocycles. The molecule has 0 radical (unpaired) electrons. The van der Waals surface area contributed by atoms with E-state index in [1.165, 1.54) is 0 Å². The van der Waals surface area contributed by atoms with Crippen LogP contribution in [0.2, 0.25) is 0 Å². The lowest BCUT2D eigenvalue weighted by Gasteiger charge is -2.16. The third-order valence-electron chi connectivity index (χ3n) is 2.67. The molecule has 1 fully saturated rings. The van der Waals surface area contributed by atoms with Crippen molar-refractivity contribution in [2.45, 2.75) is 18.4 Å². The van der Waals surface area contributed by atoms with Crippen LogP contribution in [-0.4, -0.2) is 19.1 Å². The van der Waals surface area contributed by atoms with E-state index in [0.29, 0.717) is 0 Å². The molecule has 70 valence electrons. The minimum atomic E-state index is 0.0899. The monoisotopic (exact) mass is 178 g/mol. The Balaban J connectivity index is 2.39. The molecular weight excluding hydrogens is 164 g/mol. The van der Waals surface area contributed by atoms with Gasteiger partial charge < -0.3 is 10.1 Å². The van der Waals surface area contributed by atoms with Gasteiger partial charge in [-0.15, -0.1) is 0 Å². The summed E-state index contributed by atoms with van der Waals surface area (Å²) in [5, 5.41) is 3.30. The van der Waals surface area contributed by atoms with Gasteiger partial charge in [0.05, 0.1) is 12.6 Å². The van der Waals surface area contributed by atoms with Crippen molar-refractivity contribution >= 4 is 0 Å². The Morgan fingerprint density at radius 2 is 2.31 bits per heavy atom. The van der Waals surface area contributed by atoms with Crippen LogP contribution in [-0.2, 0) is 5.54 Å². The third kappa shape index (κ3) is 1.29. The van der Waals surface area contributed by atoms with Gasteiger partial charge in [0.1, 0.15) is 11.4 Å². The molecule has 1 aliphatic carbocycles. The maximum Gasteiger partial charge on any atom is 0.142 e. The summed E-state index contributed by atoms with van der Waals surface area (Å²) in [6.45, 7) is 0. The maximum absolute atomic E-state index is 5.27. The van der Waals surface area contributed by atoms with Gasteiger partial charge in [-0.3, -0.25) is 4.98 Å². The lowest BCUT2D eigenvalue weighted by Crippen LogP contribution is -2.26. The fraction of sp³-hybridized carbons (Fsp3) is 0.500. The van der Waals surface area contributed by atoms with E-state index in [4.69, 9.17) is 4.74 Å². The molecule has 0 saturated heterocycles. The predicted octanol–water partition coefficient (Wildman–Crippen LogP) is 1.30.